The van der Waals surface area contributed by atoms with E-state index >= 15 is 0 Å². The van der Waals surface area contributed by atoms with Crippen molar-refractivity contribution in [1.82, 2.24) is 0 Å². The summed E-state index contributed by atoms with van der Waals surface area (Å²) in [5, 5.41) is 0. The Labute approximate surface area is 126 Å². The molecule has 2 unspecified atom stereocenters. The van der Waals surface area contributed by atoms with Crippen LogP contribution < -0.4 is 9.47 Å². The third kappa shape index (κ3) is 2.63. The van der Waals surface area contributed by atoms with Crippen LogP contribution in [0.3, 0.4) is 0 Å². The van der Waals surface area contributed by atoms with Gasteiger partial charge in [-0.2, -0.15) is 0 Å². The number of fused-ring (bicyclic) bond motifs is 1. The van der Waals surface area contributed by atoms with Gasteiger partial charge in [-0.15, -0.1) is 0 Å². The largest absolute Gasteiger partial charge is 0.489 e. The fourth-order valence-electron chi connectivity index (χ4n) is 2.77. The van der Waals surface area contributed by atoms with E-state index in [9.17, 15) is 0 Å². The Bertz CT molecular complexity index is 618. The van der Waals surface area contributed by atoms with Gasteiger partial charge in [0.15, 0.2) is 5.60 Å². The van der Waals surface area contributed by atoms with Gasteiger partial charge in [-0.1, -0.05) is 44.2 Å². The molecule has 2 aromatic rings. The minimum Gasteiger partial charge on any atom is -0.489 e. The first-order valence-corrected chi connectivity index (χ1v) is 7.63. The molecule has 0 aliphatic carbocycles. The third-order valence-corrected chi connectivity index (χ3v) is 4.36. The quantitative estimate of drug-likeness (QED) is 0.795. The lowest BCUT2D eigenvalue weighted by atomic mass is 9.97. The van der Waals surface area contributed by atoms with Crippen molar-refractivity contribution in [1.29, 1.82) is 0 Å². The van der Waals surface area contributed by atoms with Gasteiger partial charge < -0.3 is 9.47 Å². The van der Waals surface area contributed by atoms with Gasteiger partial charge in [0, 0.05) is 5.56 Å². The molecule has 0 bridgehead atoms. The number of ether oxygens (including phenoxy) is 2. The van der Waals surface area contributed by atoms with Gasteiger partial charge in [0.1, 0.15) is 18.1 Å². The van der Waals surface area contributed by atoms with Crippen LogP contribution in [0.1, 0.15) is 44.2 Å². The zero-order valence-corrected chi connectivity index (χ0v) is 12.9. The molecular formula is C19H22O2. The first-order chi connectivity index (χ1) is 10.1. The zero-order valence-electron chi connectivity index (χ0n) is 12.9. The predicted octanol–water partition coefficient (Wildman–Crippen LogP) is 4.89. The predicted molar refractivity (Wildman–Crippen MR) is 85.1 cm³/mol. The Morgan fingerprint density at radius 1 is 1.14 bits per heavy atom. The Hall–Kier alpha value is -1.96. The molecule has 21 heavy (non-hydrogen) atoms. The zero-order chi connectivity index (χ0) is 14.9. The maximum atomic E-state index is 6.23. The number of rotatable bonds is 4. The number of hydrogen-bond acceptors (Lipinski definition) is 2. The van der Waals surface area contributed by atoms with E-state index < -0.39 is 5.60 Å². The summed E-state index contributed by atoms with van der Waals surface area (Å²) in [5.41, 5.74) is 2.07. The van der Waals surface area contributed by atoms with Gasteiger partial charge in [0.05, 0.1) is 0 Å². The molecular weight excluding hydrogens is 260 g/mol. The molecule has 0 spiro atoms. The van der Waals surface area contributed by atoms with Crippen molar-refractivity contribution in [2.75, 3.05) is 6.61 Å². The van der Waals surface area contributed by atoms with Crippen LogP contribution in [0.2, 0.25) is 0 Å². The first-order valence-electron chi connectivity index (χ1n) is 7.63. The maximum Gasteiger partial charge on any atom is 0.168 e. The van der Waals surface area contributed by atoms with Crippen molar-refractivity contribution in [3.05, 3.63) is 59.7 Å². The van der Waals surface area contributed by atoms with Gasteiger partial charge in [-0.05, 0) is 43.0 Å². The normalized spacial score (nSPS) is 21.5. The second-order valence-corrected chi connectivity index (χ2v) is 6.00. The molecule has 0 aromatic heterocycles. The average Bonchev–Trinajstić information content (AvgIpc) is 2.85. The lowest BCUT2D eigenvalue weighted by molar-refractivity contribution is 0.0611. The van der Waals surface area contributed by atoms with Crippen LogP contribution in [0.4, 0.5) is 0 Å². The molecule has 110 valence electrons. The van der Waals surface area contributed by atoms with E-state index in [1.165, 1.54) is 5.56 Å². The minimum absolute atomic E-state index is 0.408. The molecule has 0 fully saturated rings. The Balaban J connectivity index is 1.81. The molecule has 2 atom stereocenters. The molecule has 2 aromatic carbocycles. The Morgan fingerprint density at radius 2 is 1.86 bits per heavy atom. The number of benzene rings is 2. The average molecular weight is 282 g/mol. The van der Waals surface area contributed by atoms with E-state index in [1.807, 2.05) is 18.2 Å². The van der Waals surface area contributed by atoms with Gasteiger partial charge in [-0.3, -0.25) is 0 Å². The molecule has 2 heteroatoms. The second-order valence-electron chi connectivity index (χ2n) is 6.00. The van der Waals surface area contributed by atoms with Crippen molar-refractivity contribution in [3.63, 3.8) is 0 Å². The van der Waals surface area contributed by atoms with E-state index in [1.54, 1.807) is 0 Å². The summed E-state index contributed by atoms with van der Waals surface area (Å²) < 4.78 is 12.0. The molecule has 0 saturated heterocycles. The summed E-state index contributed by atoms with van der Waals surface area (Å²) in [5.74, 6) is 2.41. The van der Waals surface area contributed by atoms with E-state index in [2.05, 4.69) is 51.1 Å². The van der Waals surface area contributed by atoms with Crippen LogP contribution in [0, 0.1) is 0 Å². The summed E-state index contributed by atoms with van der Waals surface area (Å²) in [6.45, 7) is 7.10. The van der Waals surface area contributed by atoms with Gasteiger partial charge in [0.2, 0.25) is 0 Å². The van der Waals surface area contributed by atoms with Crippen LogP contribution in [0.25, 0.3) is 0 Å². The molecule has 0 radical (unpaired) electrons. The summed E-state index contributed by atoms with van der Waals surface area (Å²) >= 11 is 0. The van der Waals surface area contributed by atoms with E-state index in [0.29, 0.717) is 12.5 Å². The van der Waals surface area contributed by atoms with Gasteiger partial charge >= 0.3 is 0 Å². The van der Waals surface area contributed by atoms with Crippen LogP contribution in [-0.2, 0) is 5.60 Å². The lowest BCUT2D eigenvalue weighted by Gasteiger charge is -2.25. The molecule has 1 aliphatic rings. The molecule has 1 heterocycles. The standard InChI is InChI=1S/C19H22O2/c1-4-14(2)15-9-11-16(12-10-15)21-19(3)13-20-18-8-6-5-7-17(18)19/h5-12,14H,4,13H2,1-3H3. The Morgan fingerprint density at radius 3 is 2.57 bits per heavy atom. The summed E-state index contributed by atoms with van der Waals surface area (Å²) in [7, 11) is 0. The Kier molecular flexibility index (Phi) is 3.62. The van der Waals surface area contributed by atoms with Crippen molar-refractivity contribution in [2.45, 2.75) is 38.7 Å². The van der Waals surface area contributed by atoms with E-state index in [4.69, 9.17) is 9.47 Å². The third-order valence-electron chi connectivity index (χ3n) is 4.36. The van der Waals surface area contributed by atoms with Crippen molar-refractivity contribution < 1.29 is 9.47 Å². The topological polar surface area (TPSA) is 18.5 Å². The van der Waals surface area contributed by atoms with Crippen molar-refractivity contribution in [2.24, 2.45) is 0 Å². The van der Waals surface area contributed by atoms with Crippen LogP contribution in [-0.4, -0.2) is 6.61 Å². The van der Waals surface area contributed by atoms with Crippen molar-refractivity contribution in [3.8, 4) is 11.5 Å². The minimum atomic E-state index is -0.408. The lowest BCUT2D eigenvalue weighted by Crippen LogP contribution is -2.31. The molecule has 2 nitrogen and oxygen atoms in total. The van der Waals surface area contributed by atoms with E-state index in [0.717, 1.165) is 23.5 Å². The maximum absolute atomic E-state index is 6.23. The summed E-state index contributed by atoms with van der Waals surface area (Å²) in [4.78, 5) is 0. The van der Waals surface area contributed by atoms with Crippen LogP contribution in [0.5, 0.6) is 11.5 Å². The highest BCUT2D eigenvalue weighted by Crippen LogP contribution is 2.40. The fourth-order valence-corrected chi connectivity index (χ4v) is 2.77. The molecule has 0 saturated carbocycles. The SMILES string of the molecule is CCC(C)c1ccc(OC2(C)COc3ccccc32)cc1. The second kappa shape index (κ2) is 5.44. The summed E-state index contributed by atoms with van der Waals surface area (Å²) in [6, 6.07) is 16.5. The molecule has 1 aliphatic heterocycles. The molecule has 3 rings (SSSR count). The van der Waals surface area contributed by atoms with Crippen LogP contribution in [0.15, 0.2) is 48.5 Å². The molecule has 0 N–H and O–H groups in total. The summed E-state index contributed by atoms with van der Waals surface area (Å²) in [6.07, 6.45) is 1.15. The highest BCUT2D eigenvalue weighted by Gasteiger charge is 2.38. The highest BCUT2D eigenvalue weighted by molar-refractivity contribution is 5.42. The number of para-hydroxylation sites is 1. The van der Waals surface area contributed by atoms with Gasteiger partial charge in [-0.25, -0.2) is 0 Å². The smallest absolute Gasteiger partial charge is 0.168 e. The molecule has 0 amide bonds. The monoisotopic (exact) mass is 282 g/mol. The fraction of sp³-hybridized carbons (Fsp3) is 0.368. The van der Waals surface area contributed by atoms with Gasteiger partial charge in [0.25, 0.3) is 0 Å². The first kappa shape index (κ1) is 14.0. The number of hydrogen-bond donors (Lipinski definition) is 0. The van der Waals surface area contributed by atoms with E-state index in [-0.39, 0.29) is 0 Å². The van der Waals surface area contributed by atoms with Crippen LogP contribution >= 0.6 is 0 Å². The van der Waals surface area contributed by atoms with Crippen molar-refractivity contribution >= 4 is 0 Å². The highest BCUT2D eigenvalue weighted by atomic mass is 16.6.